The molecule has 3 aromatic rings. The van der Waals surface area contributed by atoms with Gasteiger partial charge in [-0.2, -0.15) is 9.67 Å². The van der Waals surface area contributed by atoms with E-state index in [1.807, 2.05) is 61.8 Å². The average molecular weight is 340 g/mol. The molecule has 0 aliphatic heterocycles. The van der Waals surface area contributed by atoms with Gasteiger partial charge in [-0.3, -0.25) is 4.79 Å². The summed E-state index contributed by atoms with van der Waals surface area (Å²) in [6, 6.07) is 19.9. The lowest BCUT2D eigenvalue weighted by molar-refractivity contribution is -0.684. The number of hydrogen-bond acceptors (Lipinski definition) is 2. The fraction of sp³-hybridized carbons (Fsp3) is 0.105. The first-order valence-electron chi connectivity index (χ1n) is 7.49. The molecule has 1 heterocycles. The first-order valence-corrected chi connectivity index (χ1v) is 7.49. The quantitative estimate of drug-likeness (QED) is 0.395. The third kappa shape index (κ3) is 4.18. The number of hydrogen-bond donors (Lipinski definition) is 1. The molecule has 3 rings (SSSR count). The van der Waals surface area contributed by atoms with E-state index in [9.17, 15) is 4.79 Å². The van der Waals surface area contributed by atoms with Crippen LogP contribution in [0.15, 0.2) is 78.2 Å². The summed E-state index contributed by atoms with van der Waals surface area (Å²) in [6.07, 6.45) is 3.70. The van der Waals surface area contributed by atoms with Gasteiger partial charge in [-0.05, 0) is 17.7 Å². The van der Waals surface area contributed by atoms with Crippen LogP contribution in [0.2, 0.25) is 0 Å². The highest BCUT2D eigenvalue weighted by Gasteiger charge is 2.08. The van der Waals surface area contributed by atoms with Crippen molar-refractivity contribution in [2.75, 3.05) is 0 Å². The second kappa shape index (κ2) is 8.22. The van der Waals surface area contributed by atoms with Crippen LogP contribution in [-0.4, -0.2) is 11.6 Å². The van der Waals surface area contributed by atoms with Crippen LogP contribution in [0, 0.1) is 0 Å². The normalized spacial score (nSPS) is 11.0. The molecule has 2 aromatic carbocycles. The Balaban J connectivity index is 0.00000208. The molecule has 24 heavy (non-hydrogen) atoms. The van der Waals surface area contributed by atoms with Crippen LogP contribution in [-0.2, 0) is 11.3 Å². The van der Waals surface area contributed by atoms with Gasteiger partial charge in [0, 0.05) is 17.7 Å². The number of aromatic nitrogens is 1. The molecule has 0 spiro atoms. The Labute approximate surface area is 147 Å². The molecule has 0 unspecified atom stereocenters. The number of benzene rings is 2. The molecule has 0 aliphatic carbocycles. The Morgan fingerprint density at radius 3 is 2.50 bits per heavy atom. The van der Waals surface area contributed by atoms with Crippen molar-refractivity contribution in [3.63, 3.8) is 0 Å². The highest BCUT2D eigenvalue weighted by atomic mass is 35.5. The zero-order valence-electron chi connectivity index (χ0n) is 13.3. The number of carbonyl (C=O) groups excluding carboxylic acids is 1. The standard InChI is InChI=1S/C19H17N3O.ClH/c1-15(17-11-7-9-16-8-3-4-10-18(16)17)20-21-19(23)14-22-12-5-2-6-13-22;/h2-13H,14H2,1H3;1H/b20-15+;. The summed E-state index contributed by atoms with van der Waals surface area (Å²) in [4.78, 5) is 12.0. The van der Waals surface area contributed by atoms with Crippen LogP contribution in [0.25, 0.3) is 10.8 Å². The fourth-order valence-electron chi connectivity index (χ4n) is 2.49. The van der Waals surface area contributed by atoms with E-state index in [1.54, 1.807) is 4.57 Å². The molecule has 0 atom stereocenters. The molecule has 5 heteroatoms. The lowest BCUT2D eigenvalue weighted by Gasteiger charge is -2.06. The Kier molecular flexibility index (Phi) is 6.04. The van der Waals surface area contributed by atoms with E-state index in [2.05, 4.69) is 28.7 Å². The van der Waals surface area contributed by atoms with Gasteiger partial charge < -0.3 is 12.4 Å². The Bertz CT molecular complexity index is 857. The van der Waals surface area contributed by atoms with Gasteiger partial charge in [-0.25, -0.2) is 5.43 Å². The van der Waals surface area contributed by atoms with Gasteiger partial charge in [0.15, 0.2) is 12.4 Å². The maximum absolute atomic E-state index is 12.0. The number of nitrogens with one attached hydrogen (secondary N) is 1. The van der Waals surface area contributed by atoms with Crippen LogP contribution in [0.5, 0.6) is 0 Å². The Hall–Kier alpha value is -2.72. The summed E-state index contributed by atoms with van der Waals surface area (Å²) in [5.41, 5.74) is 4.43. The maximum atomic E-state index is 12.0. The summed E-state index contributed by atoms with van der Waals surface area (Å²) in [6.45, 7) is 2.14. The summed E-state index contributed by atoms with van der Waals surface area (Å²) >= 11 is 0. The lowest BCUT2D eigenvalue weighted by atomic mass is 10.0. The van der Waals surface area contributed by atoms with E-state index >= 15 is 0 Å². The molecule has 122 valence electrons. The lowest BCUT2D eigenvalue weighted by Crippen LogP contribution is -3.00. The molecule has 0 bridgehead atoms. The van der Waals surface area contributed by atoms with Gasteiger partial charge in [-0.1, -0.05) is 48.5 Å². The third-order valence-electron chi connectivity index (χ3n) is 3.63. The van der Waals surface area contributed by atoms with Crippen molar-refractivity contribution in [2.24, 2.45) is 5.10 Å². The van der Waals surface area contributed by atoms with E-state index in [0.29, 0.717) is 0 Å². The molecule has 1 N–H and O–H groups in total. The topological polar surface area (TPSA) is 45.3 Å². The smallest absolute Gasteiger partial charge is 0.305 e. The number of nitrogens with zero attached hydrogens (tertiary/aromatic N) is 2. The first kappa shape index (κ1) is 17.6. The second-order valence-corrected chi connectivity index (χ2v) is 5.31. The molecule has 4 nitrogen and oxygen atoms in total. The van der Waals surface area contributed by atoms with E-state index in [1.165, 1.54) is 0 Å². The monoisotopic (exact) mass is 339 g/mol. The largest absolute Gasteiger partial charge is 1.00 e. The molecule has 0 saturated heterocycles. The van der Waals surface area contributed by atoms with Crippen molar-refractivity contribution >= 4 is 22.4 Å². The number of pyridine rings is 1. The zero-order valence-corrected chi connectivity index (χ0v) is 14.1. The predicted octanol–water partition coefficient (Wildman–Crippen LogP) is -0.328. The average Bonchev–Trinajstić information content (AvgIpc) is 2.60. The van der Waals surface area contributed by atoms with Crippen molar-refractivity contribution < 1.29 is 21.8 Å². The molecule has 0 fully saturated rings. The van der Waals surface area contributed by atoms with Crippen LogP contribution >= 0.6 is 0 Å². The minimum atomic E-state index is -0.152. The number of halogens is 1. The van der Waals surface area contributed by atoms with E-state index in [0.717, 1.165) is 22.0 Å². The SMILES string of the molecule is C/C(=N\NC(=O)C[n+]1ccccc1)c1cccc2ccccc12.[Cl-]. The highest BCUT2D eigenvalue weighted by Crippen LogP contribution is 2.18. The van der Waals surface area contributed by atoms with Crippen LogP contribution in [0.4, 0.5) is 0 Å². The molecule has 0 radical (unpaired) electrons. The molecule has 0 saturated carbocycles. The van der Waals surface area contributed by atoms with E-state index in [4.69, 9.17) is 0 Å². The highest BCUT2D eigenvalue weighted by molar-refractivity contribution is 6.09. The van der Waals surface area contributed by atoms with Gasteiger partial charge in [0.05, 0.1) is 5.71 Å². The Morgan fingerprint density at radius 2 is 1.71 bits per heavy atom. The van der Waals surface area contributed by atoms with Gasteiger partial charge in [0.25, 0.3) is 0 Å². The number of rotatable bonds is 4. The van der Waals surface area contributed by atoms with Crippen molar-refractivity contribution in [2.45, 2.75) is 13.5 Å². The zero-order chi connectivity index (χ0) is 16.1. The molecule has 1 amide bonds. The minimum Gasteiger partial charge on any atom is -1.00 e. The summed E-state index contributed by atoms with van der Waals surface area (Å²) in [7, 11) is 0. The van der Waals surface area contributed by atoms with Crippen molar-refractivity contribution in [1.29, 1.82) is 0 Å². The van der Waals surface area contributed by atoms with Gasteiger partial charge >= 0.3 is 5.91 Å². The van der Waals surface area contributed by atoms with Crippen molar-refractivity contribution in [3.8, 4) is 0 Å². The second-order valence-electron chi connectivity index (χ2n) is 5.31. The van der Waals surface area contributed by atoms with Gasteiger partial charge in [0.1, 0.15) is 0 Å². The first-order chi connectivity index (χ1) is 11.2. The van der Waals surface area contributed by atoms with Gasteiger partial charge in [0.2, 0.25) is 6.54 Å². The summed E-state index contributed by atoms with van der Waals surface area (Å²) in [5, 5.41) is 6.53. The van der Waals surface area contributed by atoms with E-state index in [-0.39, 0.29) is 24.9 Å². The number of fused-ring (bicyclic) bond motifs is 1. The number of amides is 1. The molecule has 1 aromatic heterocycles. The number of carbonyl (C=O) groups is 1. The van der Waals surface area contributed by atoms with E-state index < -0.39 is 0 Å². The maximum Gasteiger partial charge on any atom is 0.305 e. The fourth-order valence-corrected chi connectivity index (χ4v) is 2.49. The van der Waals surface area contributed by atoms with Gasteiger partial charge in [-0.15, -0.1) is 0 Å². The van der Waals surface area contributed by atoms with Crippen LogP contribution < -0.4 is 22.4 Å². The molecular weight excluding hydrogens is 322 g/mol. The van der Waals surface area contributed by atoms with Crippen molar-refractivity contribution in [1.82, 2.24) is 5.43 Å². The predicted molar refractivity (Wildman–Crippen MR) is 90.9 cm³/mol. The number of hydrazone groups is 1. The van der Waals surface area contributed by atoms with Crippen LogP contribution in [0.1, 0.15) is 12.5 Å². The minimum absolute atomic E-state index is 0. The summed E-state index contributed by atoms with van der Waals surface area (Å²) in [5.74, 6) is -0.152. The van der Waals surface area contributed by atoms with Crippen molar-refractivity contribution in [3.05, 3.63) is 78.6 Å². The molecular formula is C19H18ClN3O. The van der Waals surface area contributed by atoms with Crippen LogP contribution in [0.3, 0.4) is 0 Å². The Morgan fingerprint density at radius 1 is 1.00 bits per heavy atom. The molecule has 0 aliphatic rings. The third-order valence-corrected chi connectivity index (χ3v) is 3.63. The summed E-state index contributed by atoms with van der Waals surface area (Å²) < 4.78 is 1.80.